The Morgan fingerprint density at radius 3 is 1.92 bits per heavy atom. The number of benzene rings is 2. The number of aromatic hydroxyl groups is 2. The highest BCUT2D eigenvalue weighted by Gasteiger charge is 2.26. The van der Waals surface area contributed by atoms with E-state index in [0.29, 0.717) is 16.9 Å². The second-order valence-corrected chi connectivity index (χ2v) is 5.47. The maximum atomic E-state index is 10.7. The van der Waals surface area contributed by atoms with E-state index in [1.165, 1.54) is 45.6 Å². The largest absolute Gasteiger partial charge is 0.508 e. The molecule has 0 aliphatic heterocycles. The number of methoxy groups -OCH3 is 3. The Hall–Kier alpha value is -2.64. The molecule has 0 heterocycles. The topological polar surface area (TPSA) is 109 Å². The molecule has 25 heavy (non-hydrogen) atoms. The molecular formula is C18H22O7. The third-order valence-corrected chi connectivity index (χ3v) is 4.00. The maximum Gasteiger partial charge on any atom is 0.200 e. The van der Waals surface area contributed by atoms with Crippen LogP contribution < -0.4 is 14.2 Å². The van der Waals surface area contributed by atoms with Crippen molar-refractivity contribution in [3.63, 3.8) is 0 Å². The summed E-state index contributed by atoms with van der Waals surface area (Å²) in [4.78, 5) is 0. The fourth-order valence-corrected chi connectivity index (χ4v) is 2.64. The highest BCUT2D eigenvalue weighted by atomic mass is 16.5. The SMILES string of the molecule is COc1cc(O)cc([C@@H](O)[C@H](CO)c2cc(OC)c(O)c(OC)c2)c1. The van der Waals surface area contributed by atoms with Crippen LogP contribution in [0, 0.1) is 0 Å². The second kappa shape index (κ2) is 7.96. The summed E-state index contributed by atoms with van der Waals surface area (Å²) in [5.41, 5.74) is 0.880. The van der Waals surface area contributed by atoms with Gasteiger partial charge in [-0.2, -0.15) is 0 Å². The Bertz CT molecular complexity index is 704. The van der Waals surface area contributed by atoms with Crippen molar-refractivity contribution in [3.8, 4) is 28.7 Å². The number of ether oxygens (including phenoxy) is 3. The maximum absolute atomic E-state index is 10.7. The van der Waals surface area contributed by atoms with Crippen molar-refractivity contribution in [2.24, 2.45) is 0 Å². The summed E-state index contributed by atoms with van der Waals surface area (Å²) in [5.74, 6) is -0.270. The van der Waals surface area contributed by atoms with Gasteiger partial charge in [-0.25, -0.2) is 0 Å². The minimum Gasteiger partial charge on any atom is -0.508 e. The Morgan fingerprint density at radius 2 is 1.44 bits per heavy atom. The highest BCUT2D eigenvalue weighted by molar-refractivity contribution is 5.54. The number of aliphatic hydroxyl groups is 2. The fourth-order valence-electron chi connectivity index (χ4n) is 2.64. The second-order valence-electron chi connectivity index (χ2n) is 5.47. The van der Waals surface area contributed by atoms with Crippen molar-refractivity contribution in [1.29, 1.82) is 0 Å². The Labute approximate surface area is 145 Å². The number of rotatable bonds is 7. The number of phenolic OH excluding ortho intramolecular Hbond substituents is 2. The molecule has 2 atom stereocenters. The van der Waals surface area contributed by atoms with Gasteiger partial charge in [-0.15, -0.1) is 0 Å². The molecule has 0 radical (unpaired) electrons. The minimum absolute atomic E-state index is 0.0639. The fraction of sp³-hybridized carbons (Fsp3) is 0.333. The summed E-state index contributed by atoms with van der Waals surface area (Å²) in [6, 6.07) is 7.41. The Balaban J connectivity index is 2.47. The lowest BCUT2D eigenvalue weighted by molar-refractivity contribution is 0.106. The molecule has 7 nitrogen and oxygen atoms in total. The molecule has 136 valence electrons. The van der Waals surface area contributed by atoms with E-state index in [2.05, 4.69) is 0 Å². The van der Waals surface area contributed by atoms with Crippen LogP contribution in [-0.4, -0.2) is 48.4 Å². The lowest BCUT2D eigenvalue weighted by atomic mass is 9.89. The molecule has 0 bridgehead atoms. The number of hydrogen-bond acceptors (Lipinski definition) is 7. The van der Waals surface area contributed by atoms with Gasteiger partial charge in [0.25, 0.3) is 0 Å². The van der Waals surface area contributed by atoms with E-state index in [-0.39, 0.29) is 29.6 Å². The first-order valence-corrected chi connectivity index (χ1v) is 7.56. The van der Waals surface area contributed by atoms with Crippen LogP contribution in [0.15, 0.2) is 30.3 Å². The summed E-state index contributed by atoms with van der Waals surface area (Å²) in [6.45, 7) is -0.379. The molecule has 0 aromatic heterocycles. The van der Waals surface area contributed by atoms with Gasteiger partial charge < -0.3 is 34.6 Å². The molecule has 0 aliphatic carbocycles. The normalized spacial score (nSPS) is 13.2. The monoisotopic (exact) mass is 350 g/mol. The van der Waals surface area contributed by atoms with Crippen LogP contribution in [-0.2, 0) is 0 Å². The van der Waals surface area contributed by atoms with E-state index in [1.807, 2.05) is 0 Å². The molecule has 0 aliphatic rings. The quantitative estimate of drug-likeness (QED) is 0.604. The first-order chi connectivity index (χ1) is 11.9. The molecule has 0 fully saturated rings. The predicted molar refractivity (Wildman–Crippen MR) is 90.7 cm³/mol. The van der Waals surface area contributed by atoms with Crippen molar-refractivity contribution < 1.29 is 34.6 Å². The molecular weight excluding hydrogens is 328 g/mol. The Morgan fingerprint density at radius 1 is 0.840 bits per heavy atom. The van der Waals surface area contributed by atoms with Gasteiger partial charge in [-0.05, 0) is 35.4 Å². The van der Waals surface area contributed by atoms with Gasteiger partial charge in [-0.1, -0.05) is 0 Å². The summed E-state index contributed by atoms with van der Waals surface area (Å²) in [7, 11) is 4.23. The summed E-state index contributed by atoms with van der Waals surface area (Å²) in [5, 5.41) is 40.3. The zero-order chi connectivity index (χ0) is 18.6. The van der Waals surface area contributed by atoms with E-state index in [0.717, 1.165) is 0 Å². The highest BCUT2D eigenvalue weighted by Crippen LogP contribution is 2.42. The van der Waals surface area contributed by atoms with Gasteiger partial charge in [0.2, 0.25) is 5.75 Å². The van der Waals surface area contributed by atoms with E-state index < -0.39 is 12.0 Å². The molecule has 7 heteroatoms. The molecule has 4 N–H and O–H groups in total. The van der Waals surface area contributed by atoms with Crippen LogP contribution >= 0.6 is 0 Å². The van der Waals surface area contributed by atoms with Crippen molar-refractivity contribution in [3.05, 3.63) is 41.5 Å². The van der Waals surface area contributed by atoms with Gasteiger partial charge in [0, 0.05) is 12.0 Å². The standard InChI is InChI=1S/C18H22O7/c1-23-13-5-11(4-12(20)8-13)17(21)14(9-19)10-6-15(24-2)18(22)16(7-10)25-3/h4-8,14,17,19-22H,9H2,1-3H3/t14-,17-/m1/s1. The van der Waals surface area contributed by atoms with Gasteiger partial charge >= 0.3 is 0 Å². The smallest absolute Gasteiger partial charge is 0.200 e. The number of hydrogen-bond donors (Lipinski definition) is 4. The van der Waals surface area contributed by atoms with Crippen LogP contribution in [0.25, 0.3) is 0 Å². The molecule has 0 unspecified atom stereocenters. The zero-order valence-electron chi connectivity index (χ0n) is 14.3. The third-order valence-electron chi connectivity index (χ3n) is 4.00. The molecule has 2 aromatic carbocycles. The van der Waals surface area contributed by atoms with E-state index in [9.17, 15) is 20.4 Å². The molecule has 0 amide bonds. The third kappa shape index (κ3) is 3.89. The van der Waals surface area contributed by atoms with Gasteiger partial charge in [0.15, 0.2) is 11.5 Å². The van der Waals surface area contributed by atoms with Crippen LogP contribution in [0.1, 0.15) is 23.1 Å². The zero-order valence-corrected chi connectivity index (χ0v) is 14.3. The van der Waals surface area contributed by atoms with Gasteiger partial charge in [0.1, 0.15) is 11.5 Å². The first-order valence-electron chi connectivity index (χ1n) is 7.56. The lowest BCUT2D eigenvalue weighted by Gasteiger charge is -2.23. The number of phenols is 2. The van der Waals surface area contributed by atoms with E-state index in [1.54, 1.807) is 6.07 Å². The molecule has 0 saturated carbocycles. The van der Waals surface area contributed by atoms with Crippen LogP contribution in [0.5, 0.6) is 28.7 Å². The molecule has 0 saturated heterocycles. The van der Waals surface area contributed by atoms with Crippen molar-refractivity contribution in [2.45, 2.75) is 12.0 Å². The van der Waals surface area contributed by atoms with Crippen LogP contribution in [0.2, 0.25) is 0 Å². The van der Waals surface area contributed by atoms with E-state index in [4.69, 9.17) is 14.2 Å². The van der Waals surface area contributed by atoms with Crippen molar-refractivity contribution in [2.75, 3.05) is 27.9 Å². The summed E-state index contributed by atoms with van der Waals surface area (Å²) < 4.78 is 15.3. The average molecular weight is 350 g/mol. The minimum atomic E-state index is -1.13. The predicted octanol–water partition coefficient (Wildman–Crippen LogP) is 1.93. The Kier molecular flexibility index (Phi) is 5.95. The summed E-state index contributed by atoms with van der Waals surface area (Å²) >= 11 is 0. The summed E-state index contributed by atoms with van der Waals surface area (Å²) in [6.07, 6.45) is -1.13. The molecule has 0 spiro atoms. The molecule has 2 aromatic rings. The molecule has 2 rings (SSSR count). The van der Waals surface area contributed by atoms with Gasteiger partial charge in [-0.3, -0.25) is 0 Å². The van der Waals surface area contributed by atoms with Gasteiger partial charge in [0.05, 0.1) is 34.0 Å². The van der Waals surface area contributed by atoms with Crippen LogP contribution in [0.3, 0.4) is 0 Å². The van der Waals surface area contributed by atoms with Crippen molar-refractivity contribution in [1.82, 2.24) is 0 Å². The van der Waals surface area contributed by atoms with Crippen LogP contribution in [0.4, 0.5) is 0 Å². The first kappa shape index (κ1) is 18.7. The van der Waals surface area contributed by atoms with E-state index >= 15 is 0 Å². The van der Waals surface area contributed by atoms with Crippen molar-refractivity contribution >= 4 is 0 Å². The number of aliphatic hydroxyl groups excluding tert-OH is 2. The average Bonchev–Trinajstić information content (AvgIpc) is 2.62. The lowest BCUT2D eigenvalue weighted by Crippen LogP contribution is -2.15.